The van der Waals surface area contributed by atoms with Crippen LogP contribution in [0.5, 0.6) is 11.5 Å². The van der Waals surface area contributed by atoms with Gasteiger partial charge in [0, 0.05) is 23.9 Å². The summed E-state index contributed by atoms with van der Waals surface area (Å²) in [5.74, 6) is -0.619. The quantitative estimate of drug-likeness (QED) is 0.681. The Bertz CT molecular complexity index is 1080. The molecule has 1 amide bonds. The largest absolute Gasteiger partial charge is 0.508 e. The van der Waals surface area contributed by atoms with E-state index in [2.05, 4.69) is 10.2 Å². The molecule has 2 heterocycles. The van der Waals surface area contributed by atoms with Crippen LogP contribution >= 0.6 is 11.6 Å². The summed E-state index contributed by atoms with van der Waals surface area (Å²) >= 11 is 5.90. The number of fused-ring (bicyclic) bond motifs is 1. The third-order valence-corrected chi connectivity index (χ3v) is 5.07. The maximum absolute atomic E-state index is 13.0. The van der Waals surface area contributed by atoms with E-state index in [0.717, 1.165) is 40.9 Å². The highest BCUT2D eigenvalue weighted by Crippen LogP contribution is 2.34. The first-order valence-corrected chi connectivity index (χ1v) is 9.29. The SMILES string of the molecule is Cc1cc(Cl)nnc1-c1ccc2c(c1)CCCN2C(=O)c1ccc(O)cc1O. The molecule has 4 rings (SSSR count). The van der Waals surface area contributed by atoms with Crippen LogP contribution in [0.25, 0.3) is 11.3 Å². The number of aromatic nitrogens is 2. The van der Waals surface area contributed by atoms with Crippen molar-refractivity contribution < 1.29 is 15.0 Å². The molecule has 6 nitrogen and oxygen atoms in total. The minimum atomic E-state index is -0.298. The van der Waals surface area contributed by atoms with Crippen LogP contribution < -0.4 is 4.90 Å². The van der Waals surface area contributed by atoms with Gasteiger partial charge in [0.25, 0.3) is 5.91 Å². The normalized spacial score (nSPS) is 13.3. The number of phenolic OH excluding ortho intramolecular Hbond substituents is 2. The van der Waals surface area contributed by atoms with E-state index >= 15 is 0 Å². The van der Waals surface area contributed by atoms with Crippen LogP contribution in [0.4, 0.5) is 5.69 Å². The zero-order valence-corrected chi connectivity index (χ0v) is 15.9. The van der Waals surface area contributed by atoms with E-state index in [1.165, 1.54) is 18.2 Å². The van der Waals surface area contributed by atoms with Crippen LogP contribution in [-0.2, 0) is 6.42 Å². The Labute approximate surface area is 167 Å². The summed E-state index contributed by atoms with van der Waals surface area (Å²) in [6.07, 6.45) is 1.65. The number of aryl methyl sites for hydroxylation is 2. The molecule has 1 aliphatic rings. The van der Waals surface area contributed by atoms with Gasteiger partial charge in [0.2, 0.25) is 0 Å². The summed E-state index contributed by atoms with van der Waals surface area (Å²) in [4.78, 5) is 14.7. The standard InChI is InChI=1S/C21H18ClN3O3/c1-12-9-19(22)23-24-20(12)14-4-7-17-13(10-14)3-2-8-25(17)21(28)16-6-5-15(26)11-18(16)27/h4-7,9-11,26-27H,2-3,8H2,1H3. The maximum Gasteiger partial charge on any atom is 0.262 e. The van der Waals surface area contributed by atoms with Gasteiger partial charge in [-0.2, -0.15) is 0 Å². The fourth-order valence-electron chi connectivity index (χ4n) is 3.54. The number of hydrogen-bond acceptors (Lipinski definition) is 5. The predicted molar refractivity (Wildman–Crippen MR) is 107 cm³/mol. The molecule has 0 spiro atoms. The number of amides is 1. The second kappa shape index (κ2) is 7.13. The summed E-state index contributed by atoms with van der Waals surface area (Å²) in [7, 11) is 0. The van der Waals surface area contributed by atoms with E-state index in [1.807, 2.05) is 25.1 Å². The number of halogens is 1. The lowest BCUT2D eigenvalue weighted by atomic mass is 9.96. The van der Waals surface area contributed by atoms with E-state index in [1.54, 1.807) is 11.0 Å². The molecule has 0 aliphatic carbocycles. The summed E-state index contributed by atoms with van der Waals surface area (Å²) < 4.78 is 0. The van der Waals surface area contributed by atoms with E-state index in [4.69, 9.17) is 11.6 Å². The van der Waals surface area contributed by atoms with Crippen molar-refractivity contribution in [1.29, 1.82) is 0 Å². The summed E-state index contributed by atoms with van der Waals surface area (Å²) in [5.41, 5.74) is 4.61. The minimum Gasteiger partial charge on any atom is -0.508 e. The Balaban J connectivity index is 1.71. The van der Waals surface area contributed by atoms with E-state index < -0.39 is 0 Å². The fraction of sp³-hybridized carbons (Fsp3) is 0.190. The highest BCUT2D eigenvalue weighted by atomic mass is 35.5. The first kappa shape index (κ1) is 18.3. The topological polar surface area (TPSA) is 86.6 Å². The van der Waals surface area contributed by atoms with Gasteiger partial charge in [-0.05, 0) is 61.2 Å². The van der Waals surface area contributed by atoms with Gasteiger partial charge in [0.15, 0.2) is 5.15 Å². The number of carbonyl (C=O) groups is 1. The Morgan fingerprint density at radius 1 is 1.11 bits per heavy atom. The van der Waals surface area contributed by atoms with Crippen LogP contribution in [-0.4, -0.2) is 32.9 Å². The number of phenols is 2. The molecule has 0 radical (unpaired) electrons. The monoisotopic (exact) mass is 395 g/mol. The van der Waals surface area contributed by atoms with Gasteiger partial charge in [0.1, 0.15) is 11.5 Å². The number of carbonyl (C=O) groups excluding carboxylic acids is 1. The van der Waals surface area contributed by atoms with Gasteiger partial charge in [0.05, 0.1) is 11.3 Å². The van der Waals surface area contributed by atoms with Gasteiger partial charge in [-0.25, -0.2) is 0 Å². The Kier molecular flexibility index (Phi) is 4.65. The predicted octanol–water partition coefficient (Wildman–Crippen LogP) is 4.11. The Hall–Kier alpha value is -3.12. The van der Waals surface area contributed by atoms with Crippen molar-refractivity contribution in [2.24, 2.45) is 0 Å². The number of rotatable bonds is 2. The van der Waals surface area contributed by atoms with E-state index in [0.29, 0.717) is 11.7 Å². The second-order valence-corrected chi connectivity index (χ2v) is 7.19. The summed E-state index contributed by atoms with van der Waals surface area (Å²) in [6.45, 7) is 2.49. The highest BCUT2D eigenvalue weighted by Gasteiger charge is 2.26. The molecule has 0 bridgehead atoms. The summed E-state index contributed by atoms with van der Waals surface area (Å²) in [6, 6.07) is 11.6. The number of anilines is 1. The van der Waals surface area contributed by atoms with E-state index in [-0.39, 0.29) is 23.0 Å². The molecule has 0 fully saturated rings. The molecular formula is C21H18ClN3O3. The van der Waals surface area contributed by atoms with Crippen molar-refractivity contribution in [1.82, 2.24) is 10.2 Å². The van der Waals surface area contributed by atoms with Crippen LogP contribution in [0.15, 0.2) is 42.5 Å². The van der Waals surface area contributed by atoms with Crippen molar-refractivity contribution in [2.75, 3.05) is 11.4 Å². The number of hydrogen-bond donors (Lipinski definition) is 2. The molecular weight excluding hydrogens is 378 g/mol. The summed E-state index contributed by atoms with van der Waals surface area (Å²) in [5, 5.41) is 28.0. The lowest BCUT2D eigenvalue weighted by molar-refractivity contribution is 0.0982. The van der Waals surface area contributed by atoms with Crippen molar-refractivity contribution in [2.45, 2.75) is 19.8 Å². The van der Waals surface area contributed by atoms with Crippen molar-refractivity contribution in [3.8, 4) is 22.8 Å². The van der Waals surface area contributed by atoms with Crippen LogP contribution in [0.3, 0.4) is 0 Å². The molecule has 142 valence electrons. The number of benzene rings is 2. The first-order valence-electron chi connectivity index (χ1n) is 8.91. The third-order valence-electron chi connectivity index (χ3n) is 4.88. The Morgan fingerprint density at radius 3 is 2.68 bits per heavy atom. The van der Waals surface area contributed by atoms with Crippen LogP contribution in [0.1, 0.15) is 27.9 Å². The van der Waals surface area contributed by atoms with Crippen LogP contribution in [0.2, 0.25) is 5.15 Å². The highest BCUT2D eigenvalue weighted by molar-refractivity contribution is 6.29. The molecule has 3 aromatic rings. The lowest BCUT2D eigenvalue weighted by Gasteiger charge is -2.30. The van der Waals surface area contributed by atoms with Crippen LogP contribution in [0, 0.1) is 6.92 Å². The molecule has 0 unspecified atom stereocenters. The maximum atomic E-state index is 13.0. The molecule has 0 saturated heterocycles. The van der Waals surface area contributed by atoms with Gasteiger partial charge >= 0.3 is 0 Å². The molecule has 28 heavy (non-hydrogen) atoms. The first-order chi connectivity index (χ1) is 13.4. The number of aromatic hydroxyl groups is 2. The number of nitrogens with zero attached hydrogens (tertiary/aromatic N) is 3. The zero-order chi connectivity index (χ0) is 19.8. The minimum absolute atomic E-state index is 0.0859. The molecule has 1 aromatic heterocycles. The second-order valence-electron chi connectivity index (χ2n) is 6.80. The van der Waals surface area contributed by atoms with Crippen molar-refractivity contribution in [3.63, 3.8) is 0 Å². The Morgan fingerprint density at radius 2 is 1.93 bits per heavy atom. The van der Waals surface area contributed by atoms with E-state index in [9.17, 15) is 15.0 Å². The van der Waals surface area contributed by atoms with Crippen molar-refractivity contribution in [3.05, 3.63) is 64.3 Å². The molecule has 0 atom stereocenters. The zero-order valence-electron chi connectivity index (χ0n) is 15.2. The average molecular weight is 396 g/mol. The molecule has 2 N–H and O–H groups in total. The van der Waals surface area contributed by atoms with Gasteiger partial charge in [-0.15, -0.1) is 10.2 Å². The molecule has 7 heteroatoms. The van der Waals surface area contributed by atoms with Crippen molar-refractivity contribution >= 4 is 23.2 Å². The molecule has 2 aromatic carbocycles. The van der Waals surface area contributed by atoms with Gasteiger partial charge in [-0.3, -0.25) is 4.79 Å². The fourth-order valence-corrected chi connectivity index (χ4v) is 3.74. The van der Waals surface area contributed by atoms with Gasteiger partial charge < -0.3 is 15.1 Å². The molecule has 0 saturated carbocycles. The average Bonchev–Trinajstić information content (AvgIpc) is 2.66. The van der Waals surface area contributed by atoms with Gasteiger partial charge in [-0.1, -0.05) is 17.7 Å². The molecule has 1 aliphatic heterocycles. The third kappa shape index (κ3) is 3.27. The lowest BCUT2D eigenvalue weighted by Crippen LogP contribution is -2.35. The smallest absolute Gasteiger partial charge is 0.262 e.